The van der Waals surface area contributed by atoms with Crippen molar-refractivity contribution in [2.75, 3.05) is 13.7 Å². The maximum absolute atomic E-state index is 12.0. The minimum Gasteiger partial charge on any atom is -0.464 e. The average Bonchev–Trinajstić information content (AvgIpc) is 2.77. The van der Waals surface area contributed by atoms with E-state index in [1.54, 1.807) is 6.92 Å². The predicted octanol–water partition coefficient (Wildman–Crippen LogP) is -0.0211. The Morgan fingerprint density at radius 2 is 2.33 bits per heavy atom. The lowest BCUT2D eigenvalue weighted by atomic mass is 10.3. The molecule has 0 bridgehead atoms. The molecule has 0 aromatic carbocycles. The maximum atomic E-state index is 12.0. The Hall–Kier alpha value is -1.03. The third-order valence-corrected chi connectivity index (χ3v) is 5.04. The highest BCUT2D eigenvalue weighted by Crippen LogP contribution is 2.21. The summed E-state index contributed by atoms with van der Waals surface area (Å²) in [6.07, 6.45) is 0.283. The van der Waals surface area contributed by atoms with E-state index < -0.39 is 22.0 Å². The molecule has 0 radical (unpaired) electrons. The largest absolute Gasteiger partial charge is 0.464 e. The summed E-state index contributed by atoms with van der Waals surface area (Å²) < 4.78 is 30.6. The van der Waals surface area contributed by atoms with Crippen LogP contribution in [0.2, 0.25) is 0 Å². The summed E-state index contributed by atoms with van der Waals surface area (Å²) in [7, 11) is -2.68. The molecule has 0 aliphatic carbocycles. The van der Waals surface area contributed by atoms with Crippen LogP contribution in [0.15, 0.2) is 9.72 Å². The molecule has 1 atom stereocenters. The van der Waals surface area contributed by atoms with Crippen LogP contribution in [0.4, 0.5) is 0 Å². The van der Waals surface area contributed by atoms with Crippen molar-refractivity contribution in [2.45, 2.75) is 23.6 Å². The summed E-state index contributed by atoms with van der Waals surface area (Å²) >= 11 is 0.835. The van der Waals surface area contributed by atoms with E-state index in [1.165, 1.54) is 5.51 Å². The van der Waals surface area contributed by atoms with E-state index in [9.17, 15) is 13.2 Å². The normalized spacial score (nSPS) is 13.3. The molecule has 1 heterocycles. The quantitative estimate of drug-likeness (QED) is 0.714. The van der Waals surface area contributed by atoms with Crippen molar-refractivity contribution in [3.63, 3.8) is 0 Å². The highest BCUT2D eigenvalue weighted by Gasteiger charge is 2.27. The van der Waals surface area contributed by atoms with Crippen LogP contribution >= 0.6 is 11.3 Å². The fourth-order valence-corrected chi connectivity index (χ4v) is 3.66. The molecule has 0 saturated carbocycles. The molecular weight excluding hydrogens is 280 g/mol. The number of hydrogen-bond acceptors (Lipinski definition) is 7. The van der Waals surface area contributed by atoms with Crippen molar-refractivity contribution in [3.8, 4) is 0 Å². The molecule has 0 amide bonds. The number of aromatic nitrogens is 1. The number of carbonyl (C=O) groups excluding carboxylic acids is 1. The molecule has 0 saturated heterocycles. The van der Waals surface area contributed by atoms with Gasteiger partial charge in [0.05, 0.1) is 12.6 Å². The SMILES string of the molecule is COC(=O)c1ncsc1S(=O)(=O)NC(C)CCO. The second-order valence-corrected chi connectivity index (χ2v) is 6.28. The summed E-state index contributed by atoms with van der Waals surface area (Å²) in [5.74, 6) is -0.800. The molecule has 18 heavy (non-hydrogen) atoms. The number of aliphatic hydroxyl groups is 1. The molecule has 9 heteroatoms. The zero-order valence-electron chi connectivity index (χ0n) is 9.91. The van der Waals surface area contributed by atoms with Crippen LogP contribution in [0.3, 0.4) is 0 Å². The Kier molecular flexibility index (Phi) is 5.20. The number of nitrogens with zero attached hydrogens (tertiary/aromatic N) is 1. The first-order chi connectivity index (χ1) is 8.42. The van der Waals surface area contributed by atoms with Gasteiger partial charge < -0.3 is 9.84 Å². The number of ether oxygens (including phenoxy) is 1. The smallest absolute Gasteiger partial charge is 0.358 e. The number of esters is 1. The first-order valence-corrected chi connectivity index (χ1v) is 7.43. The topological polar surface area (TPSA) is 106 Å². The van der Waals surface area contributed by atoms with Crippen molar-refractivity contribution in [1.82, 2.24) is 9.71 Å². The number of carbonyl (C=O) groups is 1. The van der Waals surface area contributed by atoms with Gasteiger partial charge >= 0.3 is 5.97 Å². The Labute approximate surface area is 109 Å². The fourth-order valence-electron chi connectivity index (χ4n) is 1.23. The molecule has 1 aromatic heterocycles. The van der Waals surface area contributed by atoms with Crippen LogP contribution in [0.25, 0.3) is 0 Å². The van der Waals surface area contributed by atoms with Crippen LogP contribution in [0, 0.1) is 0 Å². The standard InChI is InChI=1S/C9H14N2O5S2/c1-6(3-4-12)11-18(14,15)9-7(8(13)16-2)10-5-17-9/h5-6,11-12H,3-4H2,1-2H3. The highest BCUT2D eigenvalue weighted by molar-refractivity contribution is 7.91. The zero-order chi connectivity index (χ0) is 13.8. The Morgan fingerprint density at radius 3 is 2.89 bits per heavy atom. The highest BCUT2D eigenvalue weighted by atomic mass is 32.2. The summed E-state index contributed by atoms with van der Waals surface area (Å²) in [5, 5.41) is 8.73. The predicted molar refractivity (Wildman–Crippen MR) is 64.9 cm³/mol. The van der Waals surface area contributed by atoms with Crippen LogP contribution in [-0.2, 0) is 14.8 Å². The number of rotatable bonds is 6. The van der Waals surface area contributed by atoms with Crippen molar-refractivity contribution in [2.24, 2.45) is 0 Å². The third-order valence-electron chi connectivity index (χ3n) is 2.08. The van der Waals surface area contributed by atoms with Gasteiger partial charge in [-0.1, -0.05) is 0 Å². The van der Waals surface area contributed by atoms with E-state index in [4.69, 9.17) is 5.11 Å². The third kappa shape index (κ3) is 3.48. The van der Waals surface area contributed by atoms with E-state index in [2.05, 4.69) is 14.4 Å². The Morgan fingerprint density at radius 1 is 1.67 bits per heavy atom. The molecule has 0 aliphatic heterocycles. The van der Waals surface area contributed by atoms with Crippen LogP contribution in [0.1, 0.15) is 23.8 Å². The minimum atomic E-state index is -3.83. The molecule has 1 rings (SSSR count). The molecular formula is C9H14N2O5S2. The van der Waals surface area contributed by atoms with Gasteiger partial charge in [0, 0.05) is 12.6 Å². The van der Waals surface area contributed by atoms with E-state index in [0.717, 1.165) is 18.4 Å². The lowest BCUT2D eigenvalue weighted by Crippen LogP contribution is -2.33. The number of aliphatic hydroxyl groups excluding tert-OH is 1. The van der Waals surface area contributed by atoms with E-state index >= 15 is 0 Å². The van der Waals surface area contributed by atoms with Crippen molar-refractivity contribution in [3.05, 3.63) is 11.2 Å². The first-order valence-electron chi connectivity index (χ1n) is 5.07. The van der Waals surface area contributed by atoms with Gasteiger partial charge in [-0.05, 0) is 13.3 Å². The number of methoxy groups -OCH3 is 1. The fraction of sp³-hybridized carbons (Fsp3) is 0.556. The zero-order valence-corrected chi connectivity index (χ0v) is 11.5. The molecule has 1 unspecified atom stereocenters. The molecule has 0 fully saturated rings. The summed E-state index contributed by atoms with van der Waals surface area (Å²) in [5.41, 5.74) is 1.03. The van der Waals surface area contributed by atoms with Gasteiger partial charge in [-0.2, -0.15) is 0 Å². The number of thiazole rings is 1. The molecule has 0 spiro atoms. The van der Waals surface area contributed by atoms with Crippen molar-refractivity contribution >= 4 is 27.3 Å². The van der Waals surface area contributed by atoms with Gasteiger partial charge in [0.2, 0.25) is 0 Å². The molecule has 102 valence electrons. The van der Waals surface area contributed by atoms with Crippen LogP contribution < -0.4 is 4.72 Å². The lowest BCUT2D eigenvalue weighted by molar-refractivity contribution is 0.0590. The average molecular weight is 294 g/mol. The summed E-state index contributed by atoms with van der Waals surface area (Å²) in [6.45, 7) is 1.49. The van der Waals surface area contributed by atoms with Crippen molar-refractivity contribution < 1.29 is 23.1 Å². The minimum absolute atomic E-state index is 0.129. The van der Waals surface area contributed by atoms with E-state index in [-0.39, 0.29) is 22.9 Å². The monoisotopic (exact) mass is 294 g/mol. The second kappa shape index (κ2) is 6.23. The Balaban J connectivity index is 2.99. The van der Waals surface area contributed by atoms with Gasteiger partial charge in [-0.15, -0.1) is 11.3 Å². The van der Waals surface area contributed by atoms with E-state index in [0.29, 0.717) is 0 Å². The summed E-state index contributed by atoms with van der Waals surface area (Å²) in [4.78, 5) is 15.0. The number of sulfonamides is 1. The second-order valence-electron chi connectivity index (χ2n) is 3.51. The molecule has 1 aromatic rings. The van der Waals surface area contributed by atoms with Crippen molar-refractivity contribution in [1.29, 1.82) is 0 Å². The van der Waals surface area contributed by atoms with Gasteiger partial charge in [0.15, 0.2) is 9.90 Å². The molecule has 2 N–H and O–H groups in total. The number of hydrogen-bond donors (Lipinski definition) is 2. The Bertz CT molecular complexity index is 511. The lowest BCUT2D eigenvalue weighted by Gasteiger charge is -2.12. The first kappa shape index (κ1) is 15.0. The maximum Gasteiger partial charge on any atom is 0.358 e. The molecule has 7 nitrogen and oxygen atoms in total. The van der Waals surface area contributed by atoms with E-state index in [1.807, 2.05) is 0 Å². The molecule has 0 aliphatic rings. The van der Waals surface area contributed by atoms with Crippen LogP contribution in [0.5, 0.6) is 0 Å². The van der Waals surface area contributed by atoms with Gasteiger partial charge in [-0.3, -0.25) is 0 Å². The van der Waals surface area contributed by atoms with Gasteiger partial charge in [0.25, 0.3) is 10.0 Å². The van der Waals surface area contributed by atoms with Gasteiger partial charge in [-0.25, -0.2) is 22.9 Å². The van der Waals surface area contributed by atoms with Crippen LogP contribution in [-0.4, -0.2) is 44.2 Å². The number of nitrogens with one attached hydrogen (secondary N) is 1. The van der Waals surface area contributed by atoms with Gasteiger partial charge in [0.1, 0.15) is 0 Å². The summed E-state index contributed by atoms with van der Waals surface area (Å²) in [6, 6.07) is -0.437.